The molecule has 0 heterocycles. The summed E-state index contributed by atoms with van der Waals surface area (Å²) in [5, 5.41) is 10.5. The zero-order chi connectivity index (χ0) is 15.1. The summed E-state index contributed by atoms with van der Waals surface area (Å²) in [6.45, 7) is 9.43. The Hall–Kier alpha value is -0.900. The van der Waals surface area contributed by atoms with Crippen molar-refractivity contribution in [3.05, 3.63) is 35.4 Å². The number of hydrogen-bond donors (Lipinski definition) is 1. The molecule has 20 heavy (non-hydrogen) atoms. The summed E-state index contributed by atoms with van der Waals surface area (Å²) in [7, 11) is 4.20. The first kappa shape index (κ1) is 17.2. The molecule has 1 aromatic rings. The second-order valence-electron chi connectivity index (χ2n) is 5.88. The van der Waals surface area contributed by atoms with Crippen LogP contribution in [0.5, 0.6) is 0 Å². The molecule has 0 aliphatic carbocycles. The summed E-state index contributed by atoms with van der Waals surface area (Å²) in [6, 6.07) is 8.33. The van der Waals surface area contributed by atoms with Crippen LogP contribution in [0.25, 0.3) is 0 Å². The number of likely N-dealkylation sites (N-methyl/N-ethyl adjacent to an activating group) is 1. The Morgan fingerprint density at radius 3 is 2.20 bits per heavy atom. The summed E-state index contributed by atoms with van der Waals surface area (Å²) in [5.41, 5.74) is 2.24. The summed E-state index contributed by atoms with van der Waals surface area (Å²) >= 11 is 0. The molecule has 0 aromatic heterocycles. The quantitative estimate of drug-likeness (QED) is 0.792. The normalized spacial score (nSPS) is 14.8. The number of aliphatic hydroxyl groups is 1. The van der Waals surface area contributed by atoms with E-state index in [4.69, 9.17) is 0 Å². The minimum absolute atomic E-state index is 0.143. The lowest BCUT2D eigenvalue weighted by atomic mass is 10.0. The first-order valence-corrected chi connectivity index (χ1v) is 7.59. The zero-order valence-electron chi connectivity index (χ0n) is 13.6. The van der Waals surface area contributed by atoms with Gasteiger partial charge < -0.3 is 10.0 Å². The second kappa shape index (κ2) is 8.40. The second-order valence-corrected chi connectivity index (χ2v) is 5.88. The van der Waals surface area contributed by atoms with Crippen molar-refractivity contribution in [3.63, 3.8) is 0 Å². The molecule has 3 nitrogen and oxygen atoms in total. The van der Waals surface area contributed by atoms with Crippen molar-refractivity contribution in [3.8, 4) is 0 Å². The maximum atomic E-state index is 10.5. The minimum atomic E-state index is -0.421. The first-order valence-electron chi connectivity index (χ1n) is 7.59. The van der Waals surface area contributed by atoms with Gasteiger partial charge in [0, 0.05) is 6.04 Å². The fourth-order valence-electron chi connectivity index (χ4n) is 2.48. The lowest BCUT2D eigenvalue weighted by Crippen LogP contribution is -2.39. The van der Waals surface area contributed by atoms with Gasteiger partial charge in [0.1, 0.15) is 0 Å². The highest BCUT2D eigenvalue weighted by molar-refractivity contribution is 5.23. The molecule has 114 valence electrons. The van der Waals surface area contributed by atoms with E-state index in [2.05, 4.69) is 56.8 Å². The third kappa shape index (κ3) is 5.23. The van der Waals surface area contributed by atoms with Crippen LogP contribution in [0.4, 0.5) is 0 Å². The van der Waals surface area contributed by atoms with E-state index in [1.165, 1.54) is 5.56 Å². The van der Waals surface area contributed by atoms with E-state index in [0.717, 1.165) is 31.6 Å². The molecule has 0 aliphatic heterocycles. The van der Waals surface area contributed by atoms with Gasteiger partial charge in [-0.2, -0.15) is 0 Å². The lowest BCUT2D eigenvalue weighted by molar-refractivity contribution is 0.0590. The molecule has 2 atom stereocenters. The number of aryl methyl sites for hydroxylation is 1. The van der Waals surface area contributed by atoms with E-state index in [1.807, 2.05) is 12.1 Å². The van der Waals surface area contributed by atoms with Gasteiger partial charge in [-0.25, -0.2) is 0 Å². The van der Waals surface area contributed by atoms with Crippen LogP contribution in [0.2, 0.25) is 0 Å². The largest absolute Gasteiger partial charge is 0.387 e. The van der Waals surface area contributed by atoms with E-state index in [-0.39, 0.29) is 6.04 Å². The monoisotopic (exact) mass is 278 g/mol. The Morgan fingerprint density at radius 2 is 1.70 bits per heavy atom. The van der Waals surface area contributed by atoms with Crippen LogP contribution in [0.15, 0.2) is 24.3 Å². The Balaban J connectivity index is 2.60. The Kier molecular flexibility index (Phi) is 7.20. The summed E-state index contributed by atoms with van der Waals surface area (Å²) in [4.78, 5) is 4.56. The SMILES string of the molecule is CCN(CCCN(C)C)C(C)C(O)c1ccc(C)cc1. The molecule has 0 amide bonds. The lowest BCUT2D eigenvalue weighted by Gasteiger charge is -2.32. The van der Waals surface area contributed by atoms with Gasteiger partial charge in [0.2, 0.25) is 0 Å². The highest BCUT2D eigenvalue weighted by atomic mass is 16.3. The van der Waals surface area contributed by atoms with E-state index >= 15 is 0 Å². The fourth-order valence-corrected chi connectivity index (χ4v) is 2.48. The smallest absolute Gasteiger partial charge is 0.0942 e. The van der Waals surface area contributed by atoms with Crippen molar-refractivity contribution >= 4 is 0 Å². The summed E-state index contributed by atoms with van der Waals surface area (Å²) < 4.78 is 0. The molecule has 3 heteroatoms. The Labute approximate surface area is 124 Å². The zero-order valence-corrected chi connectivity index (χ0v) is 13.6. The highest BCUT2D eigenvalue weighted by Crippen LogP contribution is 2.21. The third-order valence-corrected chi connectivity index (χ3v) is 3.91. The molecule has 1 rings (SSSR count). The molecule has 2 unspecified atom stereocenters. The number of rotatable bonds is 8. The van der Waals surface area contributed by atoms with Crippen molar-refractivity contribution in [1.82, 2.24) is 9.80 Å². The predicted molar refractivity (Wildman–Crippen MR) is 86.0 cm³/mol. The van der Waals surface area contributed by atoms with Crippen molar-refractivity contribution in [2.24, 2.45) is 0 Å². The van der Waals surface area contributed by atoms with Gasteiger partial charge in [-0.15, -0.1) is 0 Å². The van der Waals surface area contributed by atoms with Gasteiger partial charge in [0.05, 0.1) is 6.10 Å². The number of aliphatic hydroxyl groups excluding tert-OH is 1. The number of benzene rings is 1. The number of nitrogens with zero attached hydrogens (tertiary/aromatic N) is 2. The van der Waals surface area contributed by atoms with Gasteiger partial charge in [0.25, 0.3) is 0 Å². The van der Waals surface area contributed by atoms with Gasteiger partial charge >= 0.3 is 0 Å². The first-order chi connectivity index (χ1) is 9.45. The van der Waals surface area contributed by atoms with E-state index in [0.29, 0.717) is 0 Å². The average molecular weight is 278 g/mol. The minimum Gasteiger partial charge on any atom is -0.387 e. The molecule has 0 bridgehead atoms. The van der Waals surface area contributed by atoms with Crippen molar-refractivity contribution in [2.75, 3.05) is 33.7 Å². The molecular weight excluding hydrogens is 248 g/mol. The average Bonchev–Trinajstić information content (AvgIpc) is 2.42. The van der Waals surface area contributed by atoms with E-state index in [1.54, 1.807) is 0 Å². The van der Waals surface area contributed by atoms with E-state index < -0.39 is 6.10 Å². The maximum absolute atomic E-state index is 10.5. The highest BCUT2D eigenvalue weighted by Gasteiger charge is 2.21. The van der Waals surface area contributed by atoms with Crippen molar-refractivity contribution in [2.45, 2.75) is 39.3 Å². The summed E-state index contributed by atoms with van der Waals surface area (Å²) in [6.07, 6.45) is 0.709. The molecule has 0 spiro atoms. The van der Waals surface area contributed by atoms with Gasteiger partial charge in [0.15, 0.2) is 0 Å². The molecule has 1 aromatic carbocycles. The fraction of sp³-hybridized carbons (Fsp3) is 0.647. The molecule has 0 fully saturated rings. The van der Waals surface area contributed by atoms with Gasteiger partial charge in [-0.05, 0) is 59.6 Å². The van der Waals surface area contributed by atoms with Crippen LogP contribution in [0, 0.1) is 6.92 Å². The van der Waals surface area contributed by atoms with Crippen LogP contribution < -0.4 is 0 Å². The van der Waals surface area contributed by atoms with Crippen molar-refractivity contribution < 1.29 is 5.11 Å². The van der Waals surface area contributed by atoms with E-state index in [9.17, 15) is 5.11 Å². The topological polar surface area (TPSA) is 26.7 Å². The molecule has 0 radical (unpaired) electrons. The van der Waals surface area contributed by atoms with Gasteiger partial charge in [-0.1, -0.05) is 36.8 Å². The summed E-state index contributed by atoms with van der Waals surface area (Å²) in [5.74, 6) is 0. The Morgan fingerprint density at radius 1 is 1.10 bits per heavy atom. The van der Waals surface area contributed by atoms with Crippen LogP contribution in [-0.2, 0) is 0 Å². The molecule has 0 aliphatic rings. The molecule has 1 N–H and O–H groups in total. The van der Waals surface area contributed by atoms with Crippen LogP contribution in [0.1, 0.15) is 37.5 Å². The van der Waals surface area contributed by atoms with Crippen LogP contribution >= 0.6 is 0 Å². The number of hydrogen-bond acceptors (Lipinski definition) is 3. The van der Waals surface area contributed by atoms with Crippen molar-refractivity contribution in [1.29, 1.82) is 0 Å². The standard InChI is InChI=1S/C17H30N2O/c1-6-19(13-7-12-18(4)5)15(3)17(20)16-10-8-14(2)9-11-16/h8-11,15,17,20H,6-7,12-13H2,1-5H3. The third-order valence-electron chi connectivity index (χ3n) is 3.91. The predicted octanol–water partition coefficient (Wildman–Crippen LogP) is 2.69. The van der Waals surface area contributed by atoms with Crippen LogP contribution in [-0.4, -0.2) is 54.7 Å². The molecular formula is C17H30N2O. The Bertz CT molecular complexity index is 375. The van der Waals surface area contributed by atoms with Crippen LogP contribution in [0.3, 0.4) is 0 Å². The van der Waals surface area contributed by atoms with Gasteiger partial charge in [-0.3, -0.25) is 4.90 Å². The molecule has 0 saturated heterocycles. The maximum Gasteiger partial charge on any atom is 0.0942 e. The molecule has 0 saturated carbocycles.